The number of amides is 1. The van der Waals surface area contributed by atoms with E-state index < -0.39 is 31.4 Å². The SMILES string of the molecule is CC(C)[Si](C#Cc1c(F)ccc2cccc(-c3ncc4c(N(C)[C@@H]5CCN(C(=O)OC(C)(C)C)[C@@H]5C)nc(OC[C@H]5C/C(=C\F)CN5C)nc4c3F)c12)(C(C)C)C(C)C. The number of hydrogen-bond acceptors (Lipinski definition) is 8. The molecular formula is C46H59F3N6O3Si. The molecule has 0 saturated carbocycles. The highest BCUT2D eigenvalue weighted by molar-refractivity contribution is 6.90. The molecule has 0 aliphatic carbocycles. The van der Waals surface area contributed by atoms with Gasteiger partial charge >= 0.3 is 12.1 Å². The van der Waals surface area contributed by atoms with E-state index in [-0.39, 0.29) is 47.5 Å². The quantitative estimate of drug-likeness (QED) is 0.122. The van der Waals surface area contributed by atoms with Crippen molar-refractivity contribution < 1.29 is 27.4 Å². The summed E-state index contributed by atoms with van der Waals surface area (Å²) in [7, 11) is 1.49. The van der Waals surface area contributed by atoms with Gasteiger partial charge in [-0.25, -0.2) is 18.0 Å². The molecule has 0 radical (unpaired) electrons. The highest BCUT2D eigenvalue weighted by Gasteiger charge is 2.42. The third kappa shape index (κ3) is 8.53. The molecule has 6 rings (SSSR count). The van der Waals surface area contributed by atoms with Gasteiger partial charge in [-0.1, -0.05) is 71.7 Å². The molecule has 4 aromatic rings. The number of likely N-dealkylation sites (N-methyl/N-ethyl adjacent to an activating group) is 2. The standard InChI is InChI=1S/C46H59F3N6O3Si/c1-27(2)59(28(3)4,29(5)6)21-19-34-37(48)17-16-32-14-13-15-35(39(32)34)41-40(49)42-36(24-50-41)43(52-44(51-42)57-26-33-22-31(23-47)25-53(33)11)54(12)38-18-20-55(30(38)7)45(56)58-46(8,9)10/h13-17,23-24,27-30,33,38H,18,20,22,25-26H2,1-12H3/b31-23+/t30-,33-,38-/m1/s1. The van der Waals surface area contributed by atoms with E-state index in [1.807, 2.05) is 57.7 Å². The number of fused-ring (bicyclic) bond motifs is 2. The maximum Gasteiger partial charge on any atom is 0.410 e. The van der Waals surface area contributed by atoms with Crippen LogP contribution in [0.1, 0.15) is 87.6 Å². The van der Waals surface area contributed by atoms with Gasteiger partial charge in [-0.2, -0.15) is 9.97 Å². The molecule has 1 amide bonds. The molecule has 13 heteroatoms. The minimum absolute atomic E-state index is 0.00586. The Hall–Kier alpha value is -4.67. The topological polar surface area (TPSA) is 83.9 Å². The Kier molecular flexibility index (Phi) is 12.7. The summed E-state index contributed by atoms with van der Waals surface area (Å²) < 4.78 is 58.9. The molecule has 9 nitrogen and oxygen atoms in total. The van der Waals surface area contributed by atoms with Gasteiger partial charge in [-0.05, 0) is 81.2 Å². The van der Waals surface area contributed by atoms with Gasteiger partial charge in [0.15, 0.2) is 5.82 Å². The molecule has 2 aromatic heterocycles. The molecular weight excluding hydrogens is 770 g/mol. The van der Waals surface area contributed by atoms with Gasteiger partial charge in [0.25, 0.3) is 0 Å². The van der Waals surface area contributed by atoms with Crippen LogP contribution in [0.5, 0.6) is 6.01 Å². The fraction of sp³-hybridized carbons (Fsp3) is 0.522. The van der Waals surface area contributed by atoms with Crippen molar-refractivity contribution in [2.75, 3.05) is 38.7 Å². The molecule has 2 saturated heterocycles. The fourth-order valence-corrected chi connectivity index (χ4v) is 14.6. The predicted octanol–water partition coefficient (Wildman–Crippen LogP) is 10.5. The minimum atomic E-state index is -2.26. The molecule has 0 spiro atoms. The third-order valence-electron chi connectivity index (χ3n) is 12.5. The molecule has 0 bridgehead atoms. The number of anilines is 1. The van der Waals surface area contributed by atoms with Crippen LogP contribution in [0.4, 0.5) is 23.8 Å². The molecule has 316 valence electrons. The number of pyridine rings is 1. The summed E-state index contributed by atoms with van der Waals surface area (Å²) >= 11 is 0. The summed E-state index contributed by atoms with van der Waals surface area (Å²) in [5.74, 6) is 2.50. The maximum absolute atomic E-state index is 17.4. The lowest BCUT2D eigenvalue weighted by Crippen LogP contribution is -2.45. The first-order valence-electron chi connectivity index (χ1n) is 20.7. The van der Waals surface area contributed by atoms with Gasteiger partial charge in [-0.3, -0.25) is 9.88 Å². The van der Waals surface area contributed by atoms with Crippen LogP contribution >= 0.6 is 0 Å². The van der Waals surface area contributed by atoms with Gasteiger partial charge in [0.1, 0.15) is 43.1 Å². The van der Waals surface area contributed by atoms with Crippen LogP contribution in [0.15, 0.2) is 48.4 Å². The van der Waals surface area contributed by atoms with E-state index in [9.17, 15) is 9.18 Å². The number of carbonyl (C=O) groups is 1. The second-order valence-corrected chi connectivity index (χ2v) is 23.8. The zero-order valence-electron chi connectivity index (χ0n) is 36.6. The third-order valence-corrected chi connectivity index (χ3v) is 18.8. The molecule has 0 N–H and O–H groups in total. The summed E-state index contributed by atoms with van der Waals surface area (Å²) in [5.41, 5.74) is 5.25. The average Bonchev–Trinajstić information content (AvgIpc) is 3.74. The highest BCUT2D eigenvalue weighted by Crippen LogP contribution is 2.42. The van der Waals surface area contributed by atoms with Crippen molar-refractivity contribution in [2.24, 2.45) is 0 Å². The van der Waals surface area contributed by atoms with Gasteiger partial charge in [0.05, 0.1) is 29.4 Å². The number of hydrogen-bond donors (Lipinski definition) is 0. The summed E-state index contributed by atoms with van der Waals surface area (Å²) in [6, 6.07) is 7.85. The van der Waals surface area contributed by atoms with E-state index in [1.165, 1.54) is 6.07 Å². The minimum Gasteiger partial charge on any atom is -0.462 e. The average molecular weight is 829 g/mol. The van der Waals surface area contributed by atoms with Gasteiger partial charge in [0.2, 0.25) is 0 Å². The molecule has 2 aliphatic rings. The second-order valence-electron chi connectivity index (χ2n) is 18.2. The number of ether oxygens (including phenoxy) is 2. The van der Waals surface area contributed by atoms with Crippen molar-refractivity contribution in [3.63, 3.8) is 0 Å². The Labute approximate surface area is 348 Å². The number of benzene rings is 2. The lowest BCUT2D eigenvalue weighted by atomic mass is 9.96. The van der Waals surface area contributed by atoms with Crippen LogP contribution in [0.2, 0.25) is 16.6 Å². The van der Waals surface area contributed by atoms with E-state index in [1.54, 1.807) is 29.3 Å². The van der Waals surface area contributed by atoms with Crippen molar-refractivity contribution in [3.05, 3.63) is 65.6 Å². The van der Waals surface area contributed by atoms with E-state index in [2.05, 4.69) is 58.0 Å². The maximum atomic E-state index is 17.4. The highest BCUT2D eigenvalue weighted by atomic mass is 28.3. The number of aromatic nitrogens is 3. The Morgan fingerprint density at radius 2 is 1.76 bits per heavy atom. The molecule has 2 aliphatic heterocycles. The monoisotopic (exact) mass is 828 g/mol. The smallest absolute Gasteiger partial charge is 0.410 e. The molecule has 2 fully saturated rings. The number of halogens is 3. The molecule has 0 unspecified atom stereocenters. The van der Waals surface area contributed by atoms with Gasteiger partial charge in [0, 0.05) is 43.3 Å². The summed E-state index contributed by atoms with van der Waals surface area (Å²) in [6.45, 7) is 21.8. The number of carbonyl (C=O) groups excluding carboxylic acids is 1. The van der Waals surface area contributed by atoms with Crippen molar-refractivity contribution in [3.8, 4) is 28.7 Å². The van der Waals surface area contributed by atoms with Gasteiger partial charge in [-0.15, -0.1) is 5.54 Å². The van der Waals surface area contributed by atoms with Crippen LogP contribution in [0, 0.1) is 23.1 Å². The van der Waals surface area contributed by atoms with E-state index in [4.69, 9.17) is 19.4 Å². The summed E-state index contributed by atoms with van der Waals surface area (Å²) in [5, 5.41) is 1.54. The largest absolute Gasteiger partial charge is 0.462 e. The fourth-order valence-electron chi connectivity index (χ4n) is 9.40. The van der Waals surface area contributed by atoms with E-state index >= 15 is 8.78 Å². The lowest BCUT2D eigenvalue weighted by Gasteiger charge is -2.38. The first-order valence-corrected chi connectivity index (χ1v) is 23.0. The Bertz CT molecular complexity index is 2300. The van der Waals surface area contributed by atoms with Crippen molar-refractivity contribution in [1.29, 1.82) is 0 Å². The molecule has 3 atom stereocenters. The van der Waals surface area contributed by atoms with Gasteiger partial charge < -0.3 is 19.3 Å². The van der Waals surface area contributed by atoms with Crippen molar-refractivity contribution in [1.82, 2.24) is 24.8 Å². The van der Waals surface area contributed by atoms with E-state index in [0.29, 0.717) is 82.0 Å². The summed E-state index contributed by atoms with van der Waals surface area (Å²) in [4.78, 5) is 33.0. The number of likely N-dealkylation sites (tertiary alicyclic amines) is 2. The number of rotatable bonds is 9. The first-order chi connectivity index (χ1) is 27.8. The summed E-state index contributed by atoms with van der Waals surface area (Å²) in [6.07, 6.45) is 2.87. The lowest BCUT2D eigenvalue weighted by molar-refractivity contribution is 0.0233. The van der Waals surface area contributed by atoms with Crippen LogP contribution in [-0.4, -0.2) is 96.4 Å². The molecule has 59 heavy (non-hydrogen) atoms. The molecule has 4 heterocycles. The second kappa shape index (κ2) is 17.1. The number of nitrogens with zero attached hydrogens (tertiary/aromatic N) is 6. The Morgan fingerprint density at radius 1 is 1.07 bits per heavy atom. The molecule has 2 aromatic carbocycles. The Morgan fingerprint density at radius 3 is 2.39 bits per heavy atom. The first kappa shape index (κ1) is 43.9. The van der Waals surface area contributed by atoms with Crippen molar-refractivity contribution >= 4 is 41.7 Å². The van der Waals surface area contributed by atoms with E-state index in [0.717, 1.165) is 0 Å². The van der Waals surface area contributed by atoms with Crippen LogP contribution in [0.25, 0.3) is 32.9 Å². The van der Waals surface area contributed by atoms with Crippen LogP contribution in [0.3, 0.4) is 0 Å². The zero-order chi connectivity index (χ0) is 43.1. The normalized spacial score (nSPS) is 19.7. The van der Waals surface area contributed by atoms with Crippen molar-refractivity contribution in [2.45, 2.75) is 122 Å². The van der Waals surface area contributed by atoms with Crippen LogP contribution in [-0.2, 0) is 4.74 Å². The Balaban J connectivity index is 1.50. The van der Waals surface area contributed by atoms with Crippen LogP contribution < -0.4 is 9.64 Å². The predicted molar refractivity (Wildman–Crippen MR) is 233 cm³/mol. The zero-order valence-corrected chi connectivity index (χ0v) is 37.6.